The molecule has 0 radical (unpaired) electrons. The van der Waals surface area contributed by atoms with Crippen LogP contribution in [0.25, 0.3) is 0 Å². The van der Waals surface area contributed by atoms with Crippen LogP contribution in [0.3, 0.4) is 0 Å². The summed E-state index contributed by atoms with van der Waals surface area (Å²) in [6, 6.07) is 0. The summed E-state index contributed by atoms with van der Waals surface area (Å²) in [7, 11) is 0. The van der Waals surface area contributed by atoms with E-state index in [4.69, 9.17) is 0 Å². The fraction of sp³-hybridized carbons (Fsp3) is 0.727. The highest BCUT2D eigenvalue weighted by Crippen LogP contribution is 2.45. The van der Waals surface area contributed by atoms with Gasteiger partial charge < -0.3 is 5.11 Å². The normalized spacial score (nSPS) is 17.4. The van der Waals surface area contributed by atoms with Crippen LogP contribution in [-0.2, 0) is 12.0 Å². The SMILES string of the molecule is CCc1nc(C2CC2)c(C(C)(C)O)s1. The lowest BCUT2D eigenvalue weighted by Gasteiger charge is -2.16. The van der Waals surface area contributed by atoms with Crippen LogP contribution in [0.1, 0.15) is 55.1 Å². The average molecular weight is 211 g/mol. The molecule has 14 heavy (non-hydrogen) atoms. The monoisotopic (exact) mass is 211 g/mol. The minimum atomic E-state index is -0.719. The van der Waals surface area contributed by atoms with Crippen molar-refractivity contribution < 1.29 is 5.11 Å². The summed E-state index contributed by atoms with van der Waals surface area (Å²) >= 11 is 1.67. The highest BCUT2D eigenvalue weighted by atomic mass is 32.1. The van der Waals surface area contributed by atoms with E-state index in [2.05, 4.69) is 11.9 Å². The van der Waals surface area contributed by atoms with E-state index in [9.17, 15) is 5.11 Å². The van der Waals surface area contributed by atoms with E-state index >= 15 is 0 Å². The van der Waals surface area contributed by atoms with E-state index in [0.29, 0.717) is 5.92 Å². The zero-order valence-electron chi connectivity index (χ0n) is 9.00. The van der Waals surface area contributed by atoms with Gasteiger partial charge in [-0.15, -0.1) is 11.3 Å². The third-order valence-corrected chi connectivity index (χ3v) is 4.05. The highest BCUT2D eigenvalue weighted by molar-refractivity contribution is 7.11. The molecule has 0 saturated heterocycles. The molecular weight excluding hydrogens is 194 g/mol. The van der Waals surface area contributed by atoms with Crippen LogP contribution in [0, 0.1) is 0 Å². The third-order valence-electron chi connectivity index (χ3n) is 2.52. The Morgan fingerprint density at radius 1 is 1.50 bits per heavy atom. The number of hydrogen-bond acceptors (Lipinski definition) is 3. The number of hydrogen-bond donors (Lipinski definition) is 1. The lowest BCUT2D eigenvalue weighted by Crippen LogP contribution is -2.15. The van der Waals surface area contributed by atoms with Gasteiger partial charge in [0, 0.05) is 5.92 Å². The molecule has 0 spiro atoms. The topological polar surface area (TPSA) is 33.1 Å². The number of aromatic nitrogens is 1. The quantitative estimate of drug-likeness (QED) is 0.834. The van der Waals surface area contributed by atoms with Crippen molar-refractivity contribution in [3.8, 4) is 0 Å². The molecule has 3 heteroatoms. The maximum Gasteiger partial charge on any atom is 0.0951 e. The molecule has 0 bridgehead atoms. The molecular formula is C11H17NOS. The molecule has 1 aromatic heterocycles. The van der Waals surface area contributed by atoms with Gasteiger partial charge in [0.05, 0.1) is 21.2 Å². The second kappa shape index (κ2) is 3.31. The summed E-state index contributed by atoms with van der Waals surface area (Å²) in [6.07, 6.45) is 3.46. The fourth-order valence-electron chi connectivity index (χ4n) is 1.60. The largest absolute Gasteiger partial charge is 0.385 e. The van der Waals surface area contributed by atoms with Gasteiger partial charge in [0.25, 0.3) is 0 Å². The summed E-state index contributed by atoms with van der Waals surface area (Å²) < 4.78 is 0. The number of thiazole rings is 1. The van der Waals surface area contributed by atoms with E-state index in [1.54, 1.807) is 11.3 Å². The number of rotatable bonds is 3. The molecule has 78 valence electrons. The van der Waals surface area contributed by atoms with Gasteiger partial charge in [0.15, 0.2) is 0 Å². The Kier molecular flexibility index (Phi) is 2.40. The van der Waals surface area contributed by atoms with Crippen LogP contribution in [0.2, 0.25) is 0 Å². The summed E-state index contributed by atoms with van der Waals surface area (Å²) in [6.45, 7) is 5.82. The van der Waals surface area contributed by atoms with Crippen molar-refractivity contribution in [1.29, 1.82) is 0 Å². The Balaban J connectivity index is 2.40. The van der Waals surface area contributed by atoms with Gasteiger partial charge >= 0.3 is 0 Å². The summed E-state index contributed by atoms with van der Waals surface area (Å²) in [5.41, 5.74) is 0.447. The summed E-state index contributed by atoms with van der Waals surface area (Å²) in [4.78, 5) is 5.70. The van der Waals surface area contributed by atoms with Crippen molar-refractivity contribution in [2.45, 2.75) is 51.6 Å². The lowest BCUT2D eigenvalue weighted by molar-refractivity contribution is 0.0813. The van der Waals surface area contributed by atoms with Crippen molar-refractivity contribution in [3.63, 3.8) is 0 Å². The molecule has 0 unspecified atom stereocenters. The van der Waals surface area contributed by atoms with Crippen LogP contribution in [0.4, 0.5) is 0 Å². The van der Waals surface area contributed by atoms with Gasteiger partial charge in [-0.3, -0.25) is 0 Å². The lowest BCUT2D eigenvalue weighted by atomic mass is 10.0. The van der Waals surface area contributed by atoms with Crippen LogP contribution < -0.4 is 0 Å². The molecule has 0 amide bonds. The molecule has 1 heterocycles. The Morgan fingerprint density at radius 3 is 2.57 bits per heavy atom. The van der Waals surface area contributed by atoms with E-state index in [1.165, 1.54) is 18.5 Å². The Hall–Kier alpha value is -0.410. The molecule has 0 aromatic carbocycles. The highest BCUT2D eigenvalue weighted by Gasteiger charge is 2.34. The summed E-state index contributed by atoms with van der Waals surface area (Å²) in [5, 5.41) is 11.2. The molecule has 1 saturated carbocycles. The van der Waals surface area contributed by atoms with Crippen molar-refractivity contribution >= 4 is 11.3 Å². The third kappa shape index (κ3) is 1.84. The zero-order valence-corrected chi connectivity index (χ0v) is 9.82. The molecule has 0 atom stereocenters. The van der Waals surface area contributed by atoms with Crippen molar-refractivity contribution in [3.05, 3.63) is 15.6 Å². The predicted octanol–water partition coefficient (Wildman–Crippen LogP) is 2.81. The van der Waals surface area contributed by atoms with Gasteiger partial charge in [-0.05, 0) is 33.1 Å². The van der Waals surface area contributed by atoms with E-state index in [1.807, 2.05) is 13.8 Å². The second-order valence-electron chi connectivity index (χ2n) is 4.51. The van der Waals surface area contributed by atoms with E-state index < -0.39 is 5.60 Å². The van der Waals surface area contributed by atoms with E-state index in [-0.39, 0.29) is 0 Å². The minimum Gasteiger partial charge on any atom is -0.385 e. The van der Waals surface area contributed by atoms with Gasteiger partial charge in [-0.25, -0.2) is 4.98 Å². The molecule has 1 aliphatic rings. The first kappa shape index (κ1) is 10.1. The molecule has 2 nitrogen and oxygen atoms in total. The van der Waals surface area contributed by atoms with Crippen LogP contribution in [0.15, 0.2) is 0 Å². The Morgan fingerprint density at radius 2 is 2.14 bits per heavy atom. The molecule has 1 fully saturated rings. The molecule has 0 aliphatic heterocycles. The van der Waals surface area contributed by atoms with Gasteiger partial charge in [-0.1, -0.05) is 6.92 Å². The molecule has 1 aromatic rings. The van der Waals surface area contributed by atoms with Crippen LogP contribution in [-0.4, -0.2) is 10.1 Å². The first-order valence-corrected chi connectivity index (χ1v) is 6.06. The van der Waals surface area contributed by atoms with Crippen molar-refractivity contribution in [2.75, 3.05) is 0 Å². The van der Waals surface area contributed by atoms with Crippen LogP contribution in [0.5, 0.6) is 0 Å². The first-order valence-electron chi connectivity index (χ1n) is 5.24. The second-order valence-corrected chi connectivity index (χ2v) is 5.59. The van der Waals surface area contributed by atoms with Crippen molar-refractivity contribution in [2.24, 2.45) is 0 Å². The first-order chi connectivity index (χ1) is 6.52. The zero-order chi connectivity index (χ0) is 10.3. The molecule has 1 N–H and O–H groups in total. The molecule has 1 aliphatic carbocycles. The Labute approximate surface area is 89.0 Å². The van der Waals surface area contributed by atoms with Gasteiger partial charge in [-0.2, -0.15) is 0 Å². The maximum absolute atomic E-state index is 10.0. The predicted molar refractivity (Wildman–Crippen MR) is 58.7 cm³/mol. The number of nitrogens with zero attached hydrogens (tertiary/aromatic N) is 1. The fourth-order valence-corrected chi connectivity index (χ4v) is 2.69. The maximum atomic E-state index is 10.0. The number of aryl methyl sites for hydroxylation is 1. The van der Waals surface area contributed by atoms with Gasteiger partial charge in [0.2, 0.25) is 0 Å². The van der Waals surface area contributed by atoms with Crippen LogP contribution >= 0.6 is 11.3 Å². The smallest absolute Gasteiger partial charge is 0.0951 e. The van der Waals surface area contributed by atoms with E-state index in [0.717, 1.165) is 16.3 Å². The van der Waals surface area contributed by atoms with Gasteiger partial charge in [0.1, 0.15) is 0 Å². The van der Waals surface area contributed by atoms with Crippen molar-refractivity contribution in [1.82, 2.24) is 4.98 Å². The molecule has 2 rings (SSSR count). The Bertz CT molecular complexity index is 334. The number of aliphatic hydroxyl groups is 1. The summed E-state index contributed by atoms with van der Waals surface area (Å²) in [5.74, 6) is 0.632. The standard InChI is InChI=1S/C11H17NOS/c1-4-8-12-9(7-5-6-7)10(14-8)11(2,3)13/h7,13H,4-6H2,1-3H3. The average Bonchev–Trinajstić information content (AvgIpc) is 2.83. The minimum absolute atomic E-state index is 0.632.